The van der Waals surface area contributed by atoms with Crippen molar-refractivity contribution >= 4 is 11.8 Å². The fraction of sp³-hybridized carbons (Fsp3) is 0.333. The van der Waals surface area contributed by atoms with Crippen molar-refractivity contribution in [1.29, 1.82) is 0 Å². The number of carboxylic acid groups (broad SMARTS) is 1. The zero-order chi connectivity index (χ0) is 10.0. The molecule has 1 atom stereocenters. The van der Waals surface area contributed by atoms with Crippen LogP contribution in [0.5, 0.6) is 0 Å². The first kappa shape index (κ1) is 9.51. The molecule has 1 aromatic rings. The van der Waals surface area contributed by atoms with Crippen LogP contribution in [-0.4, -0.2) is 16.1 Å². The summed E-state index contributed by atoms with van der Waals surface area (Å²) in [6.07, 6.45) is 1.52. The summed E-state index contributed by atoms with van der Waals surface area (Å²) in [6, 6.07) is 1.68. The molecular weight excluding hydrogens is 168 g/mol. The molecule has 70 valence electrons. The quantitative estimate of drug-likeness (QED) is 0.716. The van der Waals surface area contributed by atoms with Gasteiger partial charge in [0, 0.05) is 6.20 Å². The number of aliphatic carboxylic acids is 1. The number of hydrogen-bond acceptors (Lipinski definition) is 3. The maximum absolute atomic E-state index is 10.7. The third-order valence-electron chi connectivity index (χ3n) is 2.12. The van der Waals surface area contributed by atoms with E-state index in [2.05, 4.69) is 4.98 Å². The summed E-state index contributed by atoms with van der Waals surface area (Å²) >= 11 is 0. The van der Waals surface area contributed by atoms with E-state index in [1.54, 1.807) is 19.9 Å². The lowest BCUT2D eigenvalue weighted by molar-refractivity contribution is -0.138. The van der Waals surface area contributed by atoms with Gasteiger partial charge in [-0.1, -0.05) is 0 Å². The van der Waals surface area contributed by atoms with Crippen molar-refractivity contribution in [2.75, 3.05) is 5.73 Å². The van der Waals surface area contributed by atoms with E-state index in [-0.39, 0.29) is 0 Å². The maximum atomic E-state index is 10.7. The second-order valence-corrected chi connectivity index (χ2v) is 2.97. The van der Waals surface area contributed by atoms with Crippen molar-refractivity contribution in [1.82, 2.24) is 4.98 Å². The molecule has 0 spiro atoms. The number of nitrogens with two attached hydrogens (primary N) is 1. The predicted octanol–water partition coefficient (Wildman–Crippen LogP) is 1.16. The number of nitrogens with zero attached hydrogens (tertiary/aromatic N) is 1. The summed E-state index contributed by atoms with van der Waals surface area (Å²) in [6.45, 7) is 3.40. The molecule has 0 amide bonds. The summed E-state index contributed by atoms with van der Waals surface area (Å²) in [5, 5.41) is 8.79. The number of aromatic nitrogens is 1. The molecule has 0 radical (unpaired) electrons. The Labute approximate surface area is 76.4 Å². The molecule has 0 fully saturated rings. The van der Waals surface area contributed by atoms with E-state index >= 15 is 0 Å². The predicted molar refractivity (Wildman–Crippen MR) is 49.4 cm³/mol. The van der Waals surface area contributed by atoms with Gasteiger partial charge in [0.15, 0.2) is 0 Å². The highest BCUT2D eigenvalue weighted by atomic mass is 16.4. The highest BCUT2D eigenvalue weighted by Gasteiger charge is 2.16. The molecule has 0 saturated heterocycles. The molecule has 0 bridgehead atoms. The summed E-state index contributed by atoms with van der Waals surface area (Å²) in [7, 11) is 0. The Kier molecular flexibility index (Phi) is 2.51. The summed E-state index contributed by atoms with van der Waals surface area (Å²) < 4.78 is 0. The summed E-state index contributed by atoms with van der Waals surface area (Å²) in [5.41, 5.74) is 7.02. The van der Waals surface area contributed by atoms with Crippen LogP contribution in [0, 0.1) is 6.92 Å². The topological polar surface area (TPSA) is 76.2 Å². The van der Waals surface area contributed by atoms with Crippen molar-refractivity contribution in [3.8, 4) is 0 Å². The molecule has 1 aromatic heterocycles. The Balaban J connectivity index is 3.15. The van der Waals surface area contributed by atoms with E-state index in [9.17, 15) is 4.79 Å². The number of carboxylic acids is 1. The number of nitrogen functional groups attached to an aromatic ring is 1. The van der Waals surface area contributed by atoms with Gasteiger partial charge in [0.05, 0.1) is 5.92 Å². The molecule has 0 saturated carbocycles. The van der Waals surface area contributed by atoms with Gasteiger partial charge in [0.1, 0.15) is 5.82 Å². The van der Waals surface area contributed by atoms with Crippen LogP contribution in [-0.2, 0) is 4.79 Å². The van der Waals surface area contributed by atoms with E-state index in [1.807, 2.05) is 0 Å². The molecule has 1 unspecified atom stereocenters. The van der Waals surface area contributed by atoms with Crippen LogP contribution < -0.4 is 5.73 Å². The SMILES string of the molecule is Cc1c(C(C)C(=O)O)ccnc1N. The number of pyridine rings is 1. The molecule has 0 aliphatic heterocycles. The number of rotatable bonds is 2. The molecule has 1 rings (SSSR count). The molecule has 13 heavy (non-hydrogen) atoms. The van der Waals surface area contributed by atoms with Crippen LogP contribution >= 0.6 is 0 Å². The zero-order valence-corrected chi connectivity index (χ0v) is 7.61. The normalized spacial score (nSPS) is 12.5. The summed E-state index contributed by atoms with van der Waals surface area (Å²) in [4.78, 5) is 14.6. The van der Waals surface area contributed by atoms with Gasteiger partial charge >= 0.3 is 5.97 Å². The third kappa shape index (κ3) is 1.77. The number of hydrogen-bond donors (Lipinski definition) is 2. The smallest absolute Gasteiger partial charge is 0.310 e. The fourth-order valence-corrected chi connectivity index (χ4v) is 1.17. The van der Waals surface area contributed by atoms with Gasteiger partial charge in [-0.3, -0.25) is 4.79 Å². The Morgan fingerprint density at radius 1 is 1.69 bits per heavy atom. The van der Waals surface area contributed by atoms with E-state index in [4.69, 9.17) is 10.8 Å². The van der Waals surface area contributed by atoms with Gasteiger partial charge < -0.3 is 10.8 Å². The largest absolute Gasteiger partial charge is 0.481 e. The second-order valence-electron chi connectivity index (χ2n) is 2.97. The highest BCUT2D eigenvalue weighted by molar-refractivity contribution is 5.76. The molecule has 4 nitrogen and oxygen atoms in total. The monoisotopic (exact) mass is 180 g/mol. The molecule has 0 aromatic carbocycles. The standard InChI is InChI=1S/C9H12N2O2/c1-5-7(6(2)9(12)13)3-4-11-8(5)10/h3-4,6H,1-2H3,(H2,10,11)(H,12,13). The third-order valence-corrected chi connectivity index (χ3v) is 2.12. The first-order valence-corrected chi connectivity index (χ1v) is 3.97. The van der Waals surface area contributed by atoms with E-state index in [1.165, 1.54) is 6.20 Å². The van der Waals surface area contributed by atoms with Gasteiger partial charge in [-0.15, -0.1) is 0 Å². The highest BCUT2D eigenvalue weighted by Crippen LogP contribution is 2.21. The van der Waals surface area contributed by atoms with Crippen LogP contribution in [0.25, 0.3) is 0 Å². The number of carbonyl (C=O) groups is 1. The van der Waals surface area contributed by atoms with Gasteiger partial charge in [-0.25, -0.2) is 4.98 Å². The molecule has 0 aliphatic rings. The van der Waals surface area contributed by atoms with Crippen LogP contribution in [0.1, 0.15) is 24.0 Å². The van der Waals surface area contributed by atoms with E-state index < -0.39 is 11.9 Å². The van der Waals surface area contributed by atoms with Crippen LogP contribution in [0.2, 0.25) is 0 Å². The lowest BCUT2D eigenvalue weighted by Gasteiger charge is -2.10. The average molecular weight is 180 g/mol. The van der Waals surface area contributed by atoms with Gasteiger partial charge in [-0.05, 0) is 31.0 Å². The summed E-state index contributed by atoms with van der Waals surface area (Å²) in [5.74, 6) is -0.996. The minimum atomic E-state index is -0.853. The van der Waals surface area contributed by atoms with Crippen LogP contribution in [0.3, 0.4) is 0 Å². The fourth-order valence-electron chi connectivity index (χ4n) is 1.17. The average Bonchev–Trinajstić information content (AvgIpc) is 2.08. The van der Waals surface area contributed by atoms with Crippen molar-refractivity contribution in [3.05, 3.63) is 23.4 Å². The Morgan fingerprint density at radius 2 is 2.31 bits per heavy atom. The molecule has 0 aliphatic carbocycles. The van der Waals surface area contributed by atoms with Crippen molar-refractivity contribution < 1.29 is 9.90 Å². The van der Waals surface area contributed by atoms with Crippen LogP contribution in [0.15, 0.2) is 12.3 Å². The van der Waals surface area contributed by atoms with E-state index in [0.29, 0.717) is 5.82 Å². The molecular formula is C9H12N2O2. The lowest BCUT2D eigenvalue weighted by atomic mass is 9.98. The minimum Gasteiger partial charge on any atom is -0.481 e. The molecule has 3 N–H and O–H groups in total. The van der Waals surface area contributed by atoms with Gasteiger partial charge in [0.2, 0.25) is 0 Å². The first-order chi connectivity index (χ1) is 6.04. The van der Waals surface area contributed by atoms with Gasteiger partial charge in [-0.2, -0.15) is 0 Å². The van der Waals surface area contributed by atoms with Crippen molar-refractivity contribution in [2.24, 2.45) is 0 Å². The van der Waals surface area contributed by atoms with E-state index in [0.717, 1.165) is 11.1 Å². The minimum absolute atomic E-state index is 0.394. The Hall–Kier alpha value is -1.58. The molecule has 1 heterocycles. The first-order valence-electron chi connectivity index (χ1n) is 3.97. The maximum Gasteiger partial charge on any atom is 0.310 e. The second kappa shape index (κ2) is 3.43. The zero-order valence-electron chi connectivity index (χ0n) is 7.61. The van der Waals surface area contributed by atoms with Crippen LogP contribution in [0.4, 0.5) is 5.82 Å². The Bertz CT molecular complexity index is 336. The molecule has 4 heteroatoms. The number of anilines is 1. The Morgan fingerprint density at radius 3 is 2.85 bits per heavy atom. The lowest BCUT2D eigenvalue weighted by Crippen LogP contribution is -2.10. The van der Waals surface area contributed by atoms with Gasteiger partial charge in [0.25, 0.3) is 0 Å². The van der Waals surface area contributed by atoms with Crippen molar-refractivity contribution in [3.63, 3.8) is 0 Å². The van der Waals surface area contributed by atoms with Crippen molar-refractivity contribution in [2.45, 2.75) is 19.8 Å².